The highest BCUT2D eigenvalue weighted by Crippen LogP contribution is 2.30. The summed E-state index contributed by atoms with van der Waals surface area (Å²) in [5.74, 6) is -4.76. The Hall–Kier alpha value is -2.98. The van der Waals surface area contributed by atoms with Gasteiger partial charge in [0.2, 0.25) is 0 Å². The SMILES string of the molecule is C[C@@H]1Cn2cnc(C(=O)C[C@H](C)C(F)(F)F)c2CN1C(=O)Nc1ccc(F)c(F)c1. The Balaban J connectivity index is 1.77. The number of nitrogens with one attached hydrogen (secondary N) is 1. The molecule has 1 aromatic heterocycles. The summed E-state index contributed by atoms with van der Waals surface area (Å²) in [6.07, 6.45) is -3.88. The number of carbonyl (C=O) groups is 2. The van der Waals surface area contributed by atoms with Crippen molar-refractivity contribution in [1.29, 1.82) is 0 Å². The first-order chi connectivity index (χ1) is 14.0. The third-order valence-corrected chi connectivity index (χ3v) is 5.01. The maximum atomic E-state index is 13.4. The van der Waals surface area contributed by atoms with Crippen molar-refractivity contribution in [1.82, 2.24) is 14.5 Å². The van der Waals surface area contributed by atoms with E-state index in [9.17, 15) is 31.5 Å². The molecule has 0 saturated carbocycles. The predicted octanol–water partition coefficient (Wildman–Crippen LogP) is 4.37. The summed E-state index contributed by atoms with van der Waals surface area (Å²) < 4.78 is 66.4. The van der Waals surface area contributed by atoms with Crippen LogP contribution in [0, 0.1) is 17.6 Å². The zero-order chi connectivity index (χ0) is 22.2. The van der Waals surface area contributed by atoms with Gasteiger partial charge in [0.15, 0.2) is 17.4 Å². The molecule has 2 atom stereocenters. The molecule has 0 fully saturated rings. The average Bonchev–Trinajstić information content (AvgIpc) is 3.05. The summed E-state index contributed by atoms with van der Waals surface area (Å²) in [4.78, 5) is 30.3. The second-order valence-electron chi connectivity index (χ2n) is 7.30. The van der Waals surface area contributed by atoms with E-state index < -0.39 is 42.0 Å². The van der Waals surface area contributed by atoms with Crippen LogP contribution < -0.4 is 5.32 Å². The van der Waals surface area contributed by atoms with Crippen LogP contribution in [0.4, 0.5) is 32.4 Å². The highest BCUT2D eigenvalue weighted by Gasteiger charge is 2.39. The third-order valence-electron chi connectivity index (χ3n) is 5.01. The van der Waals surface area contributed by atoms with Gasteiger partial charge in [0.05, 0.1) is 24.5 Å². The molecule has 1 aliphatic heterocycles. The van der Waals surface area contributed by atoms with Gasteiger partial charge in [0.25, 0.3) is 0 Å². The lowest BCUT2D eigenvalue weighted by Crippen LogP contribution is -2.46. The van der Waals surface area contributed by atoms with Crippen molar-refractivity contribution in [2.75, 3.05) is 5.32 Å². The van der Waals surface area contributed by atoms with Crippen LogP contribution in [0.25, 0.3) is 0 Å². The molecule has 1 aliphatic rings. The highest BCUT2D eigenvalue weighted by molar-refractivity contribution is 5.96. The Morgan fingerprint density at radius 2 is 1.97 bits per heavy atom. The Morgan fingerprint density at radius 3 is 2.60 bits per heavy atom. The summed E-state index contributed by atoms with van der Waals surface area (Å²) in [5.41, 5.74) is 0.261. The van der Waals surface area contributed by atoms with E-state index in [0.717, 1.165) is 19.1 Å². The molecule has 0 bridgehead atoms. The van der Waals surface area contributed by atoms with E-state index in [1.54, 1.807) is 11.5 Å². The van der Waals surface area contributed by atoms with E-state index in [0.29, 0.717) is 5.69 Å². The van der Waals surface area contributed by atoms with Crippen LogP contribution in [-0.2, 0) is 13.1 Å². The number of hydrogen-bond acceptors (Lipinski definition) is 3. The van der Waals surface area contributed by atoms with E-state index in [4.69, 9.17) is 0 Å². The minimum Gasteiger partial charge on any atom is -0.330 e. The molecule has 6 nitrogen and oxygen atoms in total. The Kier molecular flexibility index (Phi) is 5.82. The monoisotopic (exact) mass is 430 g/mol. The largest absolute Gasteiger partial charge is 0.391 e. The number of urea groups is 1. The topological polar surface area (TPSA) is 67.2 Å². The minimum absolute atomic E-state index is 0.0421. The lowest BCUT2D eigenvalue weighted by atomic mass is 10.0. The lowest BCUT2D eigenvalue weighted by Gasteiger charge is -2.34. The number of anilines is 1. The molecule has 0 radical (unpaired) electrons. The molecule has 1 N–H and O–H groups in total. The van der Waals surface area contributed by atoms with Gasteiger partial charge in [-0.3, -0.25) is 4.79 Å². The van der Waals surface area contributed by atoms with Gasteiger partial charge in [-0.05, 0) is 19.1 Å². The lowest BCUT2D eigenvalue weighted by molar-refractivity contribution is -0.168. The predicted molar refractivity (Wildman–Crippen MR) is 96.8 cm³/mol. The Bertz CT molecular complexity index is 972. The Morgan fingerprint density at radius 1 is 1.27 bits per heavy atom. The van der Waals surface area contributed by atoms with Gasteiger partial charge in [0.1, 0.15) is 5.69 Å². The van der Waals surface area contributed by atoms with E-state index >= 15 is 0 Å². The molecule has 2 heterocycles. The number of rotatable bonds is 4. The standard InChI is InChI=1S/C19H19F5N4O2/c1-10(19(22,23)24)5-16(29)17-15-8-28(11(2)7-27(15)9-25-17)18(30)26-12-3-4-13(20)14(21)6-12/h3-4,6,9-11H,5,7-8H2,1-2H3,(H,26,30)/t10-,11+/m0/s1. The normalized spacial score (nSPS) is 17.4. The van der Waals surface area contributed by atoms with E-state index in [2.05, 4.69) is 10.3 Å². The van der Waals surface area contributed by atoms with Gasteiger partial charge in [-0.15, -0.1) is 0 Å². The molecule has 162 valence electrons. The molecule has 0 aliphatic carbocycles. The van der Waals surface area contributed by atoms with Crippen molar-refractivity contribution in [2.24, 2.45) is 5.92 Å². The first kappa shape index (κ1) is 21.7. The molecule has 2 aromatic rings. The first-order valence-corrected chi connectivity index (χ1v) is 9.14. The number of amides is 2. The number of aromatic nitrogens is 2. The molecule has 30 heavy (non-hydrogen) atoms. The second kappa shape index (κ2) is 8.04. The number of nitrogens with zero attached hydrogens (tertiary/aromatic N) is 3. The van der Waals surface area contributed by atoms with Crippen molar-refractivity contribution in [3.05, 3.63) is 47.5 Å². The number of alkyl halides is 3. The summed E-state index contributed by atoms with van der Waals surface area (Å²) in [6.45, 7) is 2.86. The van der Waals surface area contributed by atoms with Crippen molar-refractivity contribution in [2.45, 2.75) is 45.6 Å². The van der Waals surface area contributed by atoms with Crippen LogP contribution in [0.1, 0.15) is 36.5 Å². The van der Waals surface area contributed by atoms with E-state index in [1.807, 2.05) is 0 Å². The van der Waals surface area contributed by atoms with Crippen LogP contribution in [0.5, 0.6) is 0 Å². The molecular formula is C19H19F5N4O2. The zero-order valence-corrected chi connectivity index (χ0v) is 16.1. The summed E-state index contributed by atoms with van der Waals surface area (Å²) in [6, 6.07) is 1.94. The number of ketones is 1. The third kappa shape index (κ3) is 4.44. The van der Waals surface area contributed by atoms with Gasteiger partial charge in [-0.1, -0.05) is 6.92 Å². The molecule has 0 saturated heterocycles. The molecule has 1 aromatic carbocycles. The fourth-order valence-electron chi connectivity index (χ4n) is 3.20. The van der Waals surface area contributed by atoms with Crippen molar-refractivity contribution in [3.8, 4) is 0 Å². The average molecular weight is 430 g/mol. The van der Waals surface area contributed by atoms with Crippen LogP contribution >= 0.6 is 0 Å². The number of Topliss-reactive ketones (excluding diaryl/α,β-unsaturated/α-hetero) is 1. The fourth-order valence-corrected chi connectivity index (χ4v) is 3.20. The molecule has 2 amide bonds. The quantitative estimate of drug-likeness (QED) is 0.579. The van der Waals surface area contributed by atoms with Crippen LogP contribution in [0.3, 0.4) is 0 Å². The molecule has 3 rings (SSSR count). The minimum atomic E-state index is -4.50. The summed E-state index contributed by atoms with van der Waals surface area (Å²) >= 11 is 0. The maximum absolute atomic E-state index is 13.4. The number of hydrogen-bond donors (Lipinski definition) is 1. The van der Waals surface area contributed by atoms with E-state index in [-0.39, 0.29) is 30.5 Å². The van der Waals surface area contributed by atoms with Crippen molar-refractivity contribution in [3.63, 3.8) is 0 Å². The smallest absolute Gasteiger partial charge is 0.330 e. The number of fused-ring (bicyclic) bond motifs is 1. The van der Waals surface area contributed by atoms with Crippen molar-refractivity contribution >= 4 is 17.5 Å². The molecule has 0 spiro atoms. The summed E-state index contributed by atoms with van der Waals surface area (Å²) in [5, 5.41) is 2.45. The molecule has 11 heteroatoms. The van der Waals surface area contributed by atoms with Crippen LogP contribution in [-0.4, -0.2) is 38.5 Å². The van der Waals surface area contributed by atoms with Gasteiger partial charge in [-0.2, -0.15) is 13.2 Å². The number of imidazole rings is 1. The fraction of sp³-hybridized carbons (Fsp3) is 0.421. The molecular weight excluding hydrogens is 411 g/mol. The van der Waals surface area contributed by atoms with Crippen LogP contribution in [0.2, 0.25) is 0 Å². The van der Waals surface area contributed by atoms with Gasteiger partial charge >= 0.3 is 12.2 Å². The number of benzene rings is 1. The number of halogens is 5. The Labute approximate surface area is 168 Å². The zero-order valence-electron chi connectivity index (χ0n) is 16.1. The van der Waals surface area contributed by atoms with Gasteiger partial charge in [-0.25, -0.2) is 18.6 Å². The first-order valence-electron chi connectivity index (χ1n) is 9.14. The highest BCUT2D eigenvalue weighted by atomic mass is 19.4. The van der Waals surface area contributed by atoms with Gasteiger partial charge < -0.3 is 14.8 Å². The summed E-state index contributed by atoms with van der Waals surface area (Å²) in [7, 11) is 0. The van der Waals surface area contributed by atoms with Gasteiger partial charge in [0, 0.05) is 30.8 Å². The van der Waals surface area contributed by atoms with Crippen molar-refractivity contribution < 1.29 is 31.5 Å². The maximum Gasteiger partial charge on any atom is 0.391 e. The molecule has 0 unspecified atom stereocenters. The van der Waals surface area contributed by atoms with Crippen LogP contribution in [0.15, 0.2) is 24.5 Å². The second-order valence-corrected chi connectivity index (χ2v) is 7.30. The van der Waals surface area contributed by atoms with E-state index in [1.165, 1.54) is 17.3 Å². The number of carbonyl (C=O) groups excluding carboxylic acids is 2.